The number of benzene rings is 4. The second-order valence-corrected chi connectivity index (χ2v) is 13.9. The van der Waals surface area contributed by atoms with E-state index in [1.165, 1.54) is 39.7 Å². The van der Waals surface area contributed by atoms with Crippen LogP contribution in [0.3, 0.4) is 0 Å². The Balaban J connectivity index is 1.56. The summed E-state index contributed by atoms with van der Waals surface area (Å²) in [5.41, 5.74) is 5.53. The van der Waals surface area contributed by atoms with E-state index in [1.807, 2.05) is 6.07 Å². The molecule has 0 N–H and O–H groups in total. The summed E-state index contributed by atoms with van der Waals surface area (Å²) in [6.45, 7) is 6.85. The largest absolute Gasteiger partial charge is 0.464 e. The molecule has 6 aromatic rings. The molecule has 0 amide bonds. The van der Waals surface area contributed by atoms with Gasteiger partial charge in [0.25, 0.3) is 0 Å². The summed E-state index contributed by atoms with van der Waals surface area (Å²) >= 11 is 0. The highest BCUT2D eigenvalue weighted by Crippen LogP contribution is 2.37. The molecule has 0 radical (unpaired) electrons. The van der Waals surface area contributed by atoms with Crippen molar-refractivity contribution < 1.29 is 8.83 Å². The highest BCUT2D eigenvalue weighted by atomic mass is 28.3. The first-order valence-corrected chi connectivity index (χ1v) is 14.5. The van der Waals surface area contributed by atoms with Crippen molar-refractivity contribution in [1.29, 1.82) is 0 Å². The minimum absolute atomic E-state index is 0.781. The van der Waals surface area contributed by atoms with E-state index < -0.39 is 8.07 Å². The maximum absolute atomic E-state index is 6.33. The zero-order valence-corrected chi connectivity index (χ0v) is 20.3. The molecule has 0 aliphatic heterocycles. The fourth-order valence-electron chi connectivity index (χ4n) is 5.23. The van der Waals surface area contributed by atoms with Gasteiger partial charge in [-0.05, 0) is 63.8 Å². The summed E-state index contributed by atoms with van der Waals surface area (Å²) in [7, 11) is -1.51. The summed E-state index contributed by atoms with van der Waals surface area (Å²) < 4.78 is 12.1. The Morgan fingerprint density at radius 3 is 1.85 bits per heavy atom. The Hall–Kier alpha value is -3.48. The van der Waals surface area contributed by atoms with E-state index in [0.29, 0.717) is 0 Å². The first-order valence-electron chi connectivity index (χ1n) is 11.9. The molecular weight excluding hydrogens is 420 g/mol. The zero-order chi connectivity index (χ0) is 22.6. The second-order valence-electron chi connectivity index (χ2n) is 9.01. The number of fused-ring (bicyclic) bond motifs is 9. The number of hydrogen-bond donors (Lipinski definition) is 0. The maximum Gasteiger partial charge on any atom is 0.177 e. The highest BCUT2D eigenvalue weighted by Gasteiger charge is 2.24. The van der Waals surface area contributed by atoms with Gasteiger partial charge in [-0.2, -0.15) is 0 Å². The molecule has 0 unspecified atom stereocenters. The molecule has 0 bridgehead atoms. The molecule has 6 rings (SSSR count). The minimum atomic E-state index is -1.51. The van der Waals surface area contributed by atoms with Gasteiger partial charge in [0.15, 0.2) is 5.76 Å². The van der Waals surface area contributed by atoms with Crippen molar-refractivity contribution in [1.82, 2.24) is 0 Å². The molecule has 0 spiro atoms. The van der Waals surface area contributed by atoms with Gasteiger partial charge in [0, 0.05) is 27.6 Å². The quantitative estimate of drug-likeness (QED) is 0.154. The summed E-state index contributed by atoms with van der Waals surface area (Å²) in [4.78, 5) is 0. The summed E-state index contributed by atoms with van der Waals surface area (Å²) in [5.74, 6) is 4.18. The van der Waals surface area contributed by atoms with E-state index >= 15 is 0 Å². The topological polar surface area (TPSA) is 26.3 Å². The lowest BCUT2D eigenvalue weighted by Crippen LogP contribution is -2.29. The van der Waals surface area contributed by atoms with Gasteiger partial charge >= 0.3 is 0 Å². The van der Waals surface area contributed by atoms with Gasteiger partial charge in [-0.15, -0.1) is 5.54 Å². The third-order valence-electron chi connectivity index (χ3n) is 7.57. The predicted molar refractivity (Wildman–Crippen MR) is 143 cm³/mol. The third-order valence-corrected chi connectivity index (χ3v) is 12.3. The van der Waals surface area contributed by atoms with Crippen LogP contribution < -0.4 is 0 Å². The lowest BCUT2D eigenvalue weighted by Gasteiger charge is -2.19. The van der Waals surface area contributed by atoms with Crippen molar-refractivity contribution in [2.45, 2.75) is 38.9 Å². The normalized spacial score (nSPS) is 12.2. The summed E-state index contributed by atoms with van der Waals surface area (Å²) in [6, 6.07) is 25.2. The molecule has 162 valence electrons. The number of rotatable bonds is 3. The molecule has 0 atom stereocenters. The molecule has 0 saturated carbocycles. The standard InChI is InChI=1S/C30H26O2Si/c1-4-33(5-2,6-3)18-16-22-19-21-8-10-26-24-11-13-27-25(9-7-20-15-17-31-29(20)27)23(24)12-14-28(26)30(21)32-22/h7-15,17,19H,4-6H2,1-3H3. The second kappa shape index (κ2) is 7.54. The van der Waals surface area contributed by atoms with Gasteiger partial charge in [-0.25, -0.2) is 0 Å². The maximum atomic E-state index is 6.33. The Kier molecular flexibility index (Phi) is 4.60. The van der Waals surface area contributed by atoms with Crippen molar-refractivity contribution in [3.05, 3.63) is 72.7 Å². The smallest absolute Gasteiger partial charge is 0.177 e. The number of furan rings is 2. The van der Waals surface area contributed by atoms with Crippen molar-refractivity contribution >= 4 is 62.3 Å². The molecule has 4 aromatic carbocycles. The van der Waals surface area contributed by atoms with Gasteiger partial charge in [0.05, 0.1) is 6.26 Å². The third kappa shape index (κ3) is 3.02. The van der Waals surface area contributed by atoms with Crippen molar-refractivity contribution in [3.63, 3.8) is 0 Å². The van der Waals surface area contributed by atoms with Crippen LogP contribution in [-0.4, -0.2) is 8.07 Å². The van der Waals surface area contributed by atoms with Crippen LogP contribution in [0.1, 0.15) is 26.5 Å². The van der Waals surface area contributed by atoms with Crippen LogP contribution in [0.25, 0.3) is 54.3 Å². The van der Waals surface area contributed by atoms with Crippen molar-refractivity contribution in [2.24, 2.45) is 0 Å². The van der Waals surface area contributed by atoms with Crippen LogP contribution in [-0.2, 0) is 0 Å². The van der Waals surface area contributed by atoms with Crippen LogP contribution in [0.2, 0.25) is 18.1 Å². The van der Waals surface area contributed by atoms with E-state index in [2.05, 4.69) is 86.8 Å². The molecule has 3 heteroatoms. The number of hydrogen-bond acceptors (Lipinski definition) is 2. The fourth-order valence-corrected chi connectivity index (χ4v) is 7.65. The predicted octanol–water partition coefficient (Wildman–Crippen LogP) is 9.04. The van der Waals surface area contributed by atoms with Crippen LogP contribution in [0.15, 0.2) is 75.8 Å². The van der Waals surface area contributed by atoms with E-state index in [4.69, 9.17) is 8.83 Å². The SMILES string of the molecule is CC[Si](C#Cc1cc2ccc3c4ccc5c(ccc6ccoc65)c4ccc3c2o1)(CC)CC. The highest BCUT2D eigenvalue weighted by molar-refractivity contribution is 6.87. The summed E-state index contributed by atoms with van der Waals surface area (Å²) in [5, 5.41) is 9.40. The van der Waals surface area contributed by atoms with Gasteiger partial charge < -0.3 is 8.83 Å². The fraction of sp³-hybridized carbons (Fsp3) is 0.200. The summed E-state index contributed by atoms with van der Waals surface area (Å²) in [6.07, 6.45) is 1.76. The van der Waals surface area contributed by atoms with E-state index in [0.717, 1.165) is 38.5 Å². The molecule has 0 aliphatic carbocycles. The Bertz CT molecular complexity index is 1730. The molecule has 33 heavy (non-hydrogen) atoms. The van der Waals surface area contributed by atoms with Gasteiger partial charge in [-0.1, -0.05) is 57.2 Å². The molecule has 2 aromatic heterocycles. The lowest BCUT2D eigenvalue weighted by atomic mass is 9.95. The molecule has 0 saturated heterocycles. The first kappa shape index (κ1) is 20.1. The van der Waals surface area contributed by atoms with Gasteiger partial charge in [0.2, 0.25) is 0 Å². The molecule has 0 aliphatic rings. The van der Waals surface area contributed by atoms with Gasteiger partial charge in [0.1, 0.15) is 19.2 Å². The van der Waals surface area contributed by atoms with E-state index in [9.17, 15) is 0 Å². The zero-order valence-electron chi connectivity index (χ0n) is 19.3. The van der Waals surface area contributed by atoms with Crippen LogP contribution >= 0.6 is 0 Å². The average molecular weight is 447 g/mol. The van der Waals surface area contributed by atoms with E-state index in [-0.39, 0.29) is 0 Å². The van der Waals surface area contributed by atoms with Crippen molar-refractivity contribution in [3.8, 4) is 11.5 Å². The van der Waals surface area contributed by atoms with Gasteiger partial charge in [-0.3, -0.25) is 0 Å². The molecule has 2 nitrogen and oxygen atoms in total. The van der Waals surface area contributed by atoms with E-state index in [1.54, 1.807) is 6.26 Å². The lowest BCUT2D eigenvalue weighted by molar-refractivity contribution is 0.604. The molecule has 2 heterocycles. The van der Waals surface area contributed by atoms with Crippen LogP contribution in [0.4, 0.5) is 0 Å². The Morgan fingerprint density at radius 1 is 0.636 bits per heavy atom. The van der Waals surface area contributed by atoms with Crippen LogP contribution in [0, 0.1) is 11.5 Å². The first-order chi connectivity index (χ1) is 16.2. The average Bonchev–Trinajstić information content (AvgIpc) is 3.51. The minimum Gasteiger partial charge on any atom is -0.464 e. The molecular formula is C30H26O2Si. The van der Waals surface area contributed by atoms with Crippen molar-refractivity contribution in [2.75, 3.05) is 0 Å². The monoisotopic (exact) mass is 446 g/mol. The Morgan fingerprint density at radius 2 is 1.18 bits per heavy atom. The Labute approximate surface area is 194 Å². The van der Waals surface area contributed by atoms with Crippen LogP contribution in [0.5, 0.6) is 0 Å². The molecule has 0 fully saturated rings.